The highest BCUT2D eigenvalue weighted by molar-refractivity contribution is 5.93. The first kappa shape index (κ1) is 16.7. The molecule has 0 atom stereocenters. The molecule has 1 N–H and O–H groups in total. The van der Waals surface area contributed by atoms with Crippen molar-refractivity contribution in [2.45, 2.75) is 45.2 Å². The summed E-state index contributed by atoms with van der Waals surface area (Å²) >= 11 is 0. The molecule has 0 saturated heterocycles. The van der Waals surface area contributed by atoms with Crippen LogP contribution in [0.5, 0.6) is 0 Å². The third kappa shape index (κ3) is 3.52. The van der Waals surface area contributed by atoms with Crippen molar-refractivity contribution in [1.82, 2.24) is 19.9 Å². The van der Waals surface area contributed by atoms with Crippen LogP contribution in [0.1, 0.15) is 54.0 Å². The van der Waals surface area contributed by atoms with Crippen molar-refractivity contribution in [2.24, 2.45) is 5.92 Å². The Bertz CT molecular complexity index is 748. The zero-order chi connectivity index (χ0) is 17.3. The summed E-state index contributed by atoms with van der Waals surface area (Å²) in [5, 5.41) is 6.58. The van der Waals surface area contributed by atoms with E-state index in [9.17, 15) is 18.0 Å². The van der Waals surface area contributed by atoms with Crippen LogP contribution in [0.25, 0.3) is 5.65 Å². The standard InChI is InChI=1S/C16H19F3N4O/c1-10-7-13(16(17,18)19)23-14(21-10)8-12(22-23)15(24)20-9-11-5-3-2-4-6-11/h7-8,11H,2-6,9H2,1H3,(H,20,24). The van der Waals surface area contributed by atoms with Crippen molar-refractivity contribution in [3.8, 4) is 0 Å². The van der Waals surface area contributed by atoms with E-state index >= 15 is 0 Å². The first-order chi connectivity index (χ1) is 11.3. The number of alkyl halides is 3. The number of aromatic nitrogens is 3. The molecule has 3 rings (SSSR count). The second kappa shape index (κ2) is 6.41. The molecule has 1 fully saturated rings. The number of hydrogen-bond acceptors (Lipinski definition) is 3. The van der Waals surface area contributed by atoms with Gasteiger partial charge in [-0.3, -0.25) is 4.79 Å². The lowest BCUT2D eigenvalue weighted by atomic mass is 9.89. The van der Waals surface area contributed by atoms with Crippen LogP contribution in [0, 0.1) is 12.8 Å². The van der Waals surface area contributed by atoms with Crippen molar-refractivity contribution >= 4 is 11.6 Å². The summed E-state index contributed by atoms with van der Waals surface area (Å²) in [6.07, 6.45) is 1.13. The highest BCUT2D eigenvalue weighted by Crippen LogP contribution is 2.30. The molecule has 0 radical (unpaired) electrons. The number of rotatable bonds is 3. The molecular formula is C16H19F3N4O. The number of nitrogens with zero attached hydrogens (tertiary/aromatic N) is 3. The fourth-order valence-corrected chi connectivity index (χ4v) is 3.13. The van der Waals surface area contributed by atoms with Gasteiger partial charge in [0.15, 0.2) is 11.3 Å². The Morgan fingerprint density at radius 3 is 2.67 bits per heavy atom. The Kier molecular flexibility index (Phi) is 4.47. The molecule has 0 bridgehead atoms. The summed E-state index contributed by atoms with van der Waals surface area (Å²) in [5.41, 5.74) is -0.736. The van der Waals surface area contributed by atoms with Gasteiger partial charge in [-0.15, -0.1) is 0 Å². The first-order valence-electron chi connectivity index (χ1n) is 8.07. The lowest BCUT2D eigenvalue weighted by Crippen LogP contribution is -2.30. The summed E-state index contributed by atoms with van der Waals surface area (Å²) in [6.45, 7) is 2.01. The van der Waals surface area contributed by atoms with Crippen molar-refractivity contribution in [3.05, 3.63) is 29.2 Å². The van der Waals surface area contributed by atoms with Gasteiger partial charge in [0.1, 0.15) is 5.69 Å². The third-order valence-corrected chi connectivity index (χ3v) is 4.35. The molecule has 5 nitrogen and oxygen atoms in total. The molecule has 1 aliphatic carbocycles. The van der Waals surface area contributed by atoms with E-state index in [4.69, 9.17) is 0 Å². The van der Waals surface area contributed by atoms with E-state index in [0.29, 0.717) is 17.0 Å². The summed E-state index contributed by atoms with van der Waals surface area (Å²) in [7, 11) is 0. The molecule has 24 heavy (non-hydrogen) atoms. The minimum absolute atomic E-state index is 0.0186. The highest BCUT2D eigenvalue weighted by Gasteiger charge is 2.35. The molecule has 1 aliphatic rings. The second-order valence-electron chi connectivity index (χ2n) is 6.29. The Balaban J connectivity index is 1.81. The SMILES string of the molecule is Cc1cc(C(F)(F)F)n2nc(C(=O)NCC3CCCCC3)cc2n1. The Morgan fingerprint density at radius 1 is 1.29 bits per heavy atom. The van der Waals surface area contributed by atoms with E-state index in [1.807, 2.05) is 0 Å². The van der Waals surface area contributed by atoms with E-state index in [-0.39, 0.29) is 17.0 Å². The van der Waals surface area contributed by atoms with Gasteiger partial charge in [-0.2, -0.15) is 18.3 Å². The molecule has 2 aromatic heterocycles. The molecule has 1 saturated carbocycles. The zero-order valence-corrected chi connectivity index (χ0v) is 13.4. The maximum Gasteiger partial charge on any atom is 0.433 e. The van der Waals surface area contributed by atoms with E-state index in [1.54, 1.807) is 0 Å². The Labute approximate surface area is 137 Å². The zero-order valence-electron chi connectivity index (χ0n) is 13.4. The van der Waals surface area contributed by atoms with Gasteiger partial charge in [0.2, 0.25) is 0 Å². The van der Waals surface area contributed by atoms with Gasteiger partial charge in [0.25, 0.3) is 5.91 Å². The quantitative estimate of drug-likeness (QED) is 0.932. The van der Waals surface area contributed by atoms with E-state index in [1.165, 1.54) is 19.4 Å². The number of carbonyl (C=O) groups excluding carboxylic acids is 1. The third-order valence-electron chi connectivity index (χ3n) is 4.35. The van der Waals surface area contributed by atoms with Gasteiger partial charge in [-0.05, 0) is 31.7 Å². The number of amides is 1. The number of aryl methyl sites for hydroxylation is 1. The van der Waals surface area contributed by atoms with Crippen LogP contribution < -0.4 is 5.32 Å². The number of carbonyl (C=O) groups is 1. The number of halogens is 3. The predicted molar refractivity (Wildman–Crippen MR) is 81.6 cm³/mol. The van der Waals surface area contributed by atoms with Crippen molar-refractivity contribution in [1.29, 1.82) is 0 Å². The topological polar surface area (TPSA) is 59.3 Å². The van der Waals surface area contributed by atoms with Crippen LogP contribution in [0.15, 0.2) is 12.1 Å². The van der Waals surface area contributed by atoms with Gasteiger partial charge in [0.05, 0.1) is 0 Å². The van der Waals surface area contributed by atoms with Gasteiger partial charge in [0, 0.05) is 18.3 Å². The molecule has 130 valence electrons. The first-order valence-corrected chi connectivity index (χ1v) is 8.07. The molecule has 2 aromatic rings. The van der Waals surface area contributed by atoms with Crippen LogP contribution in [0.2, 0.25) is 0 Å². The molecule has 0 unspecified atom stereocenters. The van der Waals surface area contributed by atoms with Crippen LogP contribution in [-0.2, 0) is 6.18 Å². The van der Waals surface area contributed by atoms with Crippen LogP contribution in [-0.4, -0.2) is 27.0 Å². The molecule has 8 heteroatoms. The molecule has 0 aliphatic heterocycles. The van der Waals surface area contributed by atoms with E-state index in [2.05, 4.69) is 15.4 Å². The van der Waals surface area contributed by atoms with Gasteiger partial charge < -0.3 is 5.32 Å². The fraction of sp³-hybridized carbons (Fsp3) is 0.562. The molecule has 2 heterocycles. The number of hydrogen-bond donors (Lipinski definition) is 1. The number of fused-ring (bicyclic) bond motifs is 1. The minimum Gasteiger partial charge on any atom is -0.350 e. The molecule has 0 spiro atoms. The van der Waals surface area contributed by atoms with Crippen molar-refractivity contribution < 1.29 is 18.0 Å². The Hall–Kier alpha value is -2.12. The average molecular weight is 340 g/mol. The normalized spacial score (nSPS) is 16.5. The van der Waals surface area contributed by atoms with Gasteiger partial charge in [-0.1, -0.05) is 19.3 Å². The minimum atomic E-state index is -4.56. The van der Waals surface area contributed by atoms with Gasteiger partial charge >= 0.3 is 6.18 Å². The molecule has 1 amide bonds. The van der Waals surface area contributed by atoms with Crippen molar-refractivity contribution in [3.63, 3.8) is 0 Å². The monoisotopic (exact) mass is 340 g/mol. The lowest BCUT2D eigenvalue weighted by Gasteiger charge is -2.21. The highest BCUT2D eigenvalue weighted by atomic mass is 19.4. The maximum absolute atomic E-state index is 13.1. The predicted octanol–water partition coefficient (Wildman–Crippen LogP) is 3.37. The molecule has 0 aromatic carbocycles. The number of nitrogens with one attached hydrogen (secondary N) is 1. The lowest BCUT2D eigenvalue weighted by molar-refractivity contribution is -0.142. The maximum atomic E-state index is 13.1. The Morgan fingerprint density at radius 2 is 2.00 bits per heavy atom. The summed E-state index contributed by atoms with van der Waals surface area (Å²) in [6, 6.07) is 2.21. The van der Waals surface area contributed by atoms with Crippen LogP contribution >= 0.6 is 0 Å². The second-order valence-corrected chi connectivity index (χ2v) is 6.29. The van der Waals surface area contributed by atoms with Gasteiger partial charge in [-0.25, -0.2) is 9.50 Å². The summed E-state index contributed by atoms with van der Waals surface area (Å²) in [5.74, 6) is -0.0253. The van der Waals surface area contributed by atoms with E-state index < -0.39 is 17.8 Å². The molecular weight excluding hydrogens is 321 g/mol. The summed E-state index contributed by atoms with van der Waals surface area (Å²) in [4.78, 5) is 16.2. The average Bonchev–Trinajstić information content (AvgIpc) is 2.95. The van der Waals surface area contributed by atoms with E-state index in [0.717, 1.165) is 31.7 Å². The van der Waals surface area contributed by atoms with Crippen LogP contribution in [0.3, 0.4) is 0 Å². The van der Waals surface area contributed by atoms with Crippen LogP contribution in [0.4, 0.5) is 13.2 Å². The largest absolute Gasteiger partial charge is 0.433 e. The summed E-state index contributed by atoms with van der Waals surface area (Å²) < 4.78 is 40.0. The fourth-order valence-electron chi connectivity index (χ4n) is 3.13. The van der Waals surface area contributed by atoms with Crippen molar-refractivity contribution in [2.75, 3.05) is 6.54 Å². The smallest absolute Gasteiger partial charge is 0.350 e.